The summed E-state index contributed by atoms with van der Waals surface area (Å²) in [5, 5.41) is 0. The van der Waals surface area contributed by atoms with E-state index in [2.05, 4.69) is 11.8 Å². The van der Waals surface area contributed by atoms with Crippen LogP contribution in [-0.2, 0) is 4.74 Å². The van der Waals surface area contributed by atoms with Gasteiger partial charge in [0.15, 0.2) is 5.60 Å². The minimum atomic E-state index is -0.461. The zero-order chi connectivity index (χ0) is 13.1. The van der Waals surface area contributed by atoms with Crippen molar-refractivity contribution in [3.05, 3.63) is 0 Å². The van der Waals surface area contributed by atoms with Gasteiger partial charge in [0.25, 0.3) is 0 Å². The lowest BCUT2D eigenvalue weighted by molar-refractivity contribution is 0.0264. The quantitative estimate of drug-likeness (QED) is 0.678. The summed E-state index contributed by atoms with van der Waals surface area (Å²) in [6.45, 7) is 1.70. The van der Waals surface area contributed by atoms with Gasteiger partial charge in [0.2, 0.25) is 0 Å². The Morgan fingerprint density at radius 3 is 2.37 bits per heavy atom. The molecule has 0 spiro atoms. The highest BCUT2D eigenvalue weighted by Gasteiger charge is 2.38. The van der Waals surface area contributed by atoms with Gasteiger partial charge in [0.1, 0.15) is 0 Å². The highest BCUT2D eigenvalue weighted by Crippen LogP contribution is 2.35. The van der Waals surface area contributed by atoms with E-state index in [9.17, 15) is 4.79 Å². The number of hydrogen-bond donors (Lipinski definition) is 0. The largest absolute Gasteiger partial charge is 0.430 e. The maximum Gasteiger partial charge on any atom is 0.411 e. The van der Waals surface area contributed by atoms with E-state index in [0.717, 1.165) is 51.6 Å². The number of likely N-dealkylation sites (tertiary alicyclic amines) is 1. The summed E-state index contributed by atoms with van der Waals surface area (Å²) in [7, 11) is 0. The first-order chi connectivity index (χ1) is 9.27. The lowest BCUT2D eigenvalue weighted by Crippen LogP contribution is -2.41. The van der Waals surface area contributed by atoms with Crippen molar-refractivity contribution in [1.82, 2.24) is 4.90 Å². The molecule has 19 heavy (non-hydrogen) atoms. The molecule has 3 rings (SSSR count). The summed E-state index contributed by atoms with van der Waals surface area (Å²) in [5.41, 5.74) is -0.461. The number of amides is 1. The predicted molar refractivity (Wildman–Crippen MR) is 73.6 cm³/mol. The van der Waals surface area contributed by atoms with Crippen LogP contribution in [0.25, 0.3) is 0 Å². The highest BCUT2D eigenvalue weighted by atomic mass is 16.6. The fourth-order valence-electron chi connectivity index (χ4n) is 2.97. The summed E-state index contributed by atoms with van der Waals surface area (Å²) in [4.78, 5) is 14.1. The number of piperidine rings is 1. The molecule has 1 amide bonds. The first-order valence-corrected chi connectivity index (χ1v) is 7.78. The number of rotatable bonds is 1. The average molecular weight is 261 g/mol. The fourth-order valence-corrected chi connectivity index (χ4v) is 2.97. The molecule has 0 N–H and O–H groups in total. The molecule has 1 aliphatic heterocycles. The van der Waals surface area contributed by atoms with E-state index in [4.69, 9.17) is 4.74 Å². The van der Waals surface area contributed by atoms with E-state index in [0.29, 0.717) is 5.92 Å². The second-order valence-corrected chi connectivity index (χ2v) is 6.16. The lowest BCUT2D eigenvalue weighted by Gasteiger charge is -2.31. The minimum absolute atomic E-state index is 0.133. The van der Waals surface area contributed by atoms with E-state index in [1.807, 2.05) is 4.90 Å². The fraction of sp³-hybridized carbons (Fsp3) is 0.812. The van der Waals surface area contributed by atoms with E-state index >= 15 is 0 Å². The van der Waals surface area contributed by atoms with Gasteiger partial charge >= 0.3 is 6.09 Å². The maximum atomic E-state index is 12.3. The van der Waals surface area contributed by atoms with Crippen LogP contribution in [0.3, 0.4) is 0 Å². The topological polar surface area (TPSA) is 29.5 Å². The molecule has 3 heteroatoms. The van der Waals surface area contributed by atoms with Gasteiger partial charge in [0.05, 0.1) is 0 Å². The molecule has 1 heterocycles. The molecule has 0 bridgehead atoms. The zero-order valence-corrected chi connectivity index (χ0v) is 11.6. The smallest absolute Gasteiger partial charge is 0.411 e. The van der Waals surface area contributed by atoms with Crippen LogP contribution in [0.15, 0.2) is 0 Å². The molecular weight excluding hydrogens is 238 g/mol. The van der Waals surface area contributed by atoms with Gasteiger partial charge in [-0.3, -0.25) is 0 Å². The average Bonchev–Trinajstić information content (AvgIpc) is 3.17. The van der Waals surface area contributed by atoms with Crippen molar-refractivity contribution in [3.63, 3.8) is 0 Å². The molecule has 3 aliphatic rings. The van der Waals surface area contributed by atoms with Crippen LogP contribution in [0.5, 0.6) is 0 Å². The van der Waals surface area contributed by atoms with Crippen LogP contribution in [0.1, 0.15) is 57.8 Å². The predicted octanol–water partition coefficient (Wildman–Crippen LogP) is 3.34. The van der Waals surface area contributed by atoms with Crippen molar-refractivity contribution in [2.24, 2.45) is 5.92 Å². The SMILES string of the molecule is O=C(OC1(C#CC2CC2)CCCC1)N1CCCCC1. The van der Waals surface area contributed by atoms with Gasteiger partial charge in [-0.05, 0) is 57.8 Å². The van der Waals surface area contributed by atoms with Crippen molar-refractivity contribution in [1.29, 1.82) is 0 Å². The van der Waals surface area contributed by atoms with Crippen molar-refractivity contribution in [3.8, 4) is 11.8 Å². The van der Waals surface area contributed by atoms with Gasteiger partial charge in [-0.2, -0.15) is 0 Å². The first kappa shape index (κ1) is 12.8. The molecule has 1 saturated heterocycles. The third-order valence-electron chi connectivity index (χ3n) is 4.39. The Morgan fingerprint density at radius 1 is 1.05 bits per heavy atom. The molecule has 2 aliphatic carbocycles. The van der Waals surface area contributed by atoms with Crippen molar-refractivity contribution >= 4 is 6.09 Å². The standard InChI is InChI=1S/C16H23NO2/c18-15(17-12-4-1-5-13-17)19-16(9-2-3-10-16)11-8-14-6-7-14/h14H,1-7,9-10,12-13H2. The van der Waals surface area contributed by atoms with Gasteiger partial charge < -0.3 is 9.64 Å². The lowest BCUT2D eigenvalue weighted by atomic mass is 10.0. The Bertz CT molecular complexity index is 391. The van der Waals surface area contributed by atoms with E-state index in [1.54, 1.807) is 0 Å². The molecule has 0 atom stereocenters. The summed E-state index contributed by atoms with van der Waals surface area (Å²) in [5.74, 6) is 7.18. The van der Waals surface area contributed by atoms with E-state index in [-0.39, 0.29) is 6.09 Å². The number of hydrogen-bond acceptors (Lipinski definition) is 2. The van der Waals surface area contributed by atoms with Gasteiger partial charge in [-0.25, -0.2) is 4.79 Å². The van der Waals surface area contributed by atoms with Gasteiger partial charge in [-0.15, -0.1) is 0 Å². The molecule has 104 valence electrons. The molecule has 2 saturated carbocycles. The number of nitrogens with zero attached hydrogens (tertiary/aromatic N) is 1. The summed E-state index contributed by atoms with van der Waals surface area (Å²) >= 11 is 0. The third-order valence-corrected chi connectivity index (χ3v) is 4.39. The van der Waals surface area contributed by atoms with Gasteiger partial charge in [-0.1, -0.05) is 11.8 Å². The maximum absolute atomic E-state index is 12.3. The van der Waals surface area contributed by atoms with E-state index in [1.165, 1.54) is 19.3 Å². The number of ether oxygens (including phenoxy) is 1. The van der Waals surface area contributed by atoms with Crippen LogP contribution in [0.4, 0.5) is 4.79 Å². The second-order valence-electron chi connectivity index (χ2n) is 6.16. The molecule has 3 nitrogen and oxygen atoms in total. The molecule has 0 unspecified atom stereocenters. The van der Waals surface area contributed by atoms with Crippen molar-refractivity contribution in [2.75, 3.05) is 13.1 Å². The zero-order valence-electron chi connectivity index (χ0n) is 11.6. The monoisotopic (exact) mass is 261 g/mol. The molecular formula is C16H23NO2. The Kier molecular flexibility index (Phi) is 3.68. The third kappa shape index (κ3) is 3.23. The minimum Gasteiger partial charge on any atom is -0.430 e. The second kappa shape index (κ2) is 5.45. The molecule has 0 radical (unpaired) electrons. The Hall–Kier alpha value is -1.17. The van der Waals surface area contributed by atoms with Crippen LogP contribution >= 0.6 is 0 Å². The van der Waals surface area contributed by atoms with Crippen LogP contribution < -0.4 is 0 Å². The normalized spacial score (nSPS) is 25.6. The van der Waals surface area contributed by atoms with Crippen molar-refractivity contribution < 1.29 is 9.53 Å². The number of carbonyl (C=O) groups is 1. The molecule has 0 aromatic carbocycles. The van der Waals surface area contributed by atoms with Gasteiger partial charge in [0, 0.05) is 19.0 Å². The Balaban J connectivity index is 1.63. The Morgan fingerprint density at radius 2 is 1.74 bits per heavy atom. The van der Waals surface area contributed by atoms with Crippen molar-refractivity contribution in [2.45, 2.75) is 63.4 Å². The molecule has 0 aromatic rings. The van der Waals surface area contributed by atoms with E-state index < -0.39 is 5.60 Å². The highest BCUT2D eigenvalue weighted by molar-refractivity contribution is 5.68. The van der Waals surface area contributed by atoms with Crippen LogP contribution in [0, 0.1) is 17.8 Å². The molecule has 3 fully saturated rings. The Labute approximate surface area is 115 Å². The first-order valence-electron chi connectivity index (χ1n) is 7.78. The molecule has 0 aromatic heterocycles. The van der Waals surface area contributed by atoms with Crippen LogP contribution in [-0.4, -0.2) is 29.7 Å². The summed E-state index contributed by atoms with van der Waals surface area (Å²) in [6.07, 6.45) is 9.87. The number of carbonyl (C=O) groups excluding carboxylic acids is 1. The summed E-state index contributed by atoms with van der Waals surface area (Å²) in [6, 6.07) is 0. The summed E-state index contributed by atoms with van der Waals surface area (Å²) < 4.78 is 5.83. The van der Waals surface area contributed by atoms with Crippen LogP contribution in [0.2, 0.25) is 0 Å².